The lowest BCUT2D eigenvalue weighted by molar-refractivity contribution is -0.184. The quantitative estimate of drug-likeness (QED) is 0.260. The van der Waals surface area contributed by atoms with Crippen molar-refractivity contribution in [3.8, 4) is 0 Å². The number of carbonyl (C=O) groups is 2. The molecule has 3 aromatic carbocycles. The maximum atomic E-state index is 14.3. The summed E-state index contributed by atoms with van der Waals surface area (Å²) in [6.45, 7) is 1.88. The SMILES string of the molecule is CCCC(C(=O)O)N1C(=O)[C@H](Cc2ccc(I)c(F)c2)O[C@@H](c2ccc(Cl)cc2)[C@H]1c1ccc(Cl)cc1. The third kappa shape index (κ3) is 6.28. The Hall–Kier alpha value is -2.20. The third-order valence-electron chi connectivity index (χ3n) is 6.43. The van der Waals surface area contributed by atoms with Crippen LogP contribution in [0.2, 0.25) is 10.0 Å². The standard InChI is InChI=1S/C28H25Cl2FINO4/c1-2-3-23(28(35)36)33-25(17-5-9-19(29)10-6-17)26(18-7-11-20(30)12-8-18)37-24(27(33)34)15-16-4-13-22(32)21(31)14-16/h4-14,23-26H,2-3,15H2,1H3,(H,35,36)/t23?,24-,25+,26-/m0/s1. The number of nitrogens with zero attached hydrogens (tertiary/aromatic N) is 1. The molecule has 1 amide bonds. The molecule has 0 saturated carbocycles. The van der Waals surface area contributed by atoms with Gasteiger partial charge in [-0.25, -0.2) is 9.18 Å². The first-order valence-corrected chi connectivity index (χ1v) is 13.7. The summed E-state index contributed by atoms with van der Waals surface area (Å²) in [4.78, 5) is 27.9. The highest BCUT2D eigenvalue weighted by Crippen LogP contribution is 2.44. The van der Waals surface area contributed by atoms with Crippen molar-refractivity contribution in [2.75, 3.05) is 0 Å². The van der Waals surface area contributed by atoms with Crippen LogP contribution in [0.3, 0.4) is 0 Å². The summed E-state index contributed by atoms with van der Waals surface area (Å²) in [5, 5.41) is 11.3. The van der Waals surface area contributed by atoms with Gasteiger partial charge in [-0.2, -0.15) is 0 Å². The minimum absolute atomic E-state index is 0.0963. The minimum Gasteiger partial charge on any atom is -0.480 e. The van der Waals surface area contributed by atoms with E-state index in [0.717, 1.165) is 5.56 Å². The van der Waals surface area contributed by atoms with Crippen LogP contribution in [-0.2, 0) is 20.7 Å². The monoisotopic (exact) mass is 655 g/mol. The van der Waals surface area contributed by atoms with Crippen LogP contribution >= 0.6 is 45.8 Å². The van der Waals surface area contributed by atoms with E-state index in [1.165, 1.54) is 11.0 Å². The van der Waals surface area contributed by atoms with Gasteiger partial charge in [-0.15, -0.1) is 0 Å². The van der Waals surface area contributed by atoms with E-state index in [-0.39, 0.29) is 18.7 Å². The van der Waals surface area contributed by atoms with Crippen molar-refractivity contribution < 1.29 is 23.8 Å². The van der Waals surface area contributed by atoms with Crippen LogP contribution in [0.4, 0.5) is 4.39 Å². The summed E-state index contributed by atoms with van der Waals surface area (Å²) in [5.74, 6) is -1.93. The van der Waals surface area contributed by atoms with Crippen LogP contribution < -0.4 is 0 Å². The van der Waals surface area contributed by atoms with E-state index in [9.17, 15) is 19.1 Å². The fourth-order valence-electron chi connectivity index (χ4n) is 4.69. The molecule has 0 spiro atoms. The number of carboxylic acid groups (broad SMARTS) is 1. The Morgan fingerprint density at radius 3 is 2.19 bits per heavy atom. The molecule has 1 N–H and O–H groups in total. The number of rotatable bonds is 8. The Kier molecular flexibility index (Phi) is 9.11. The molecule has 5 nitrogen and oxygen atoms in total. The van der Waals surface area contributed by atoms with E-state index < -0.39 is 36.2 Å². The molecule has 1 saturated heterocycles. The van der Waals surface area contributed by atoms with Crippen LogP contribution in [0.1, 0.15) is 48.6 Å². The Morgan fingerprint density at radius 2 is 1.65 bits per heavy atom. The zero-order valence-corrected chi connectivity index (χ0v) is 23.6. The van der Waals surface area contributed by atoms with E-state index in [0.29, 0.717) is 31.2 Å². The van der Waals surface area contributed by atoms with Crippen molar-refractivity contribution in [3.63, 3.8) is 0 Å². The van der Waals surface area contributed by atoms with Crippen molar-refractivity contribution in [3.05, 3.63) is 103 Å². The topological polar surface area (TPSA) is 66.8 Å². The molecule has 1 fully saturated rings. The lowest BCUT2D eigenvalue weighted by Gasteiger charge is -2.47. The summed E-state index contributed by atoms with van der Waals surface area (Å²) in [6.07, 6.45) is -0.786. The van der Waals surface area contributed by atoms with Gasteiger partial charge in [0, 0.05) is 20.0 Å². The molecule has 0 radical (unpaired) electrons. The second-order valence-electron chi connectivity index (χ2n) is 8.93. The number of benzene rings is 3. The van der Waals surface area contributed by atoms with Gasteiger partial charge in [0.1, 0.15) is 24.1 Å². The lowest BCUT2D eigenvalue weighted by Crippen LogP contribution is -2.57. The molecule has 1 unspecified atom stereocenters. The van der Waals surface area contributed by atoms with Crippen molar-refractivity contribution in [2.45, 2.75) is 50.5 Å². The first-order valence-electron chi connectivity index (χ1n) is 11.8. The third-order valence-corrected chi connectivity index (χ3v) is 7.80. The van der Waals surface area contributed by atoms with Gasteiger partial charge in [0.2, 0.25) is 0 Å². The van der Waals surface area contributed by atoms with Crippen molar-refractivity contribution in [2.24, 2.45) is 0 Å². The molecule has 194 valence electrons. The molecule has 37 heavy (non-hydrogen) atoms. The summed E-state index contributed by atoms with van der Waals surface area (Å²) in [6, 6.07) is 17.0. The van der Waals surface area contributed by atoms with Gasteiger partial charge < -0.3 is 14.7 Å². The number of morpholine rings is 1. The van der Waals surface area contributed by atoms with E-state index >= 15 is 0 Å². The number of carbonyl (C=O) groups excluding carboxylic acids is 1. The number of hydrogen-bond donors (Lipinski definition) is 1. The zero-order valence-electron chi connectivity index (χ0n) is 19.9. The Labute approximate surface area is 238 Å². The van der Waals surface area contributed by atoms with Gasteiger partial charge in [-0.1, -0.05) is 66.9 Å². The maximum Gasteiger partial charge on any atom is 0.326 e. The normalized spacial score (nSPS) is 20.6. The van der Waals surface area contributed by atoms with Gasteiger partial charge >= 0.3 is 5.97 Å². The van der Waals surface area contributed by atoms with Gasteiger partial charge in [-0.05, 0) is 82.1 Å². The van der Waals surface area contributed by atoms with Gasteiger partial charge in [-0.3, -0.25) is 4.79 Å². The molecular weight excluding hydrogens is 631 g/mol. The number of carboxylic acids is 1. The minimum atomic E-state index is -1.09. The molecule has 3 aromatic rings. The van der Waals surface area contributed by atoms with E-state index in [1.54, 1.807) is 60.7 Å². The molecule has 0 bridgehead atoms. The lowest BCUT2D eigenvalue weighted by atomic mass is 9.88. The molecule has 9 heteroatoms. The van der Waals surface area contributed by atoms with Crippen molar-refractivity contribution in [1.82, 2.24) is 4.90 Å². The predicted molar refractivity (Wildman–Crippen MR) is 149 cm³/mol. The smallest absolute Gasteiger partial charge is 0.326 e. The second kappa shape index (κ2) is 12.1. The fraction of sp³-hybridized carbons (Fsp3) is 0.286. The van der Waals surface area contributed by atoms with Crippen molar-refractivity contribution in [1.29, 1.82) is 0 Å². The molecule has 0 aliphatic carbocycles. The average molecular weight is 656 g/mol. The first kappa shape index (κ1) is 27.8. The van der Waals surface area contributed by atoms with Gasteiger partial charge in [0.05, 0.1) is 6.04 Å². The van der Waals surface area contributed by atoms with Crippen LogP contribution in [0.15, 0.2) is 66.7 Å². The summed E-state index contributed by atoms with van der Waals surface area (Å²) < 4.78 is 21.2. The Bertz CT molecular complexity index is 1270. The van der Waals surface area contributed by atoms with E-state index in [4.69, 9.17) is 27.9 Å². The maximum absolute atomic E-state index is 14.3. The fourth-order valence-corrected chi connectivity index (χ4v) is 5.27. The van der Waals surface area contributed by atoms with Crippen LogP contribution in [-0.4, -0.2) is 34.0 Å². The first-order chi connectivity index (χ1) is 17.7. The molecule has 1 aliphatic rings. The zero-order chi connectivity index (χ0) is 26.7. The average Bonchev–Trinajstić information content (AvgIpc) is 2.87. The van der Waals surface area contributed by atoms with E-state index in [2.05, 4.69) is 0 Å². The van der Waals surface area contributed by atoms with Crippen molar-refractivity contribution >= 4 is 57.7 Å². The predicted octanol–water partition coefficient (Wildman–Crippen LogP) is 7.24. The summed E-state index contributed by atoms with van der Waals surface area (Å²) in [7, 11) is 0. The number of amides is 1. The molecule has 4 rings (SSSR count). The number of aliphatic carboxylic acids is 1. The highest BCUT2D eigenvalue weighted by molar-refractivity contribution is 14.1. The van der Waals surface area contributed by atoms with Gasteiger partial charge in [0.25, 0.3) is 5.91 Å². The molecule has 0 aromatic heterocycles. The van der Waals surface area contributed by atoms with Crippen LogP contribution in [0.25, 0.3) is 0 Å². The Morgan fingerprint density at radius 1 is 1.05 bits per heavy atom. The largest absolute Gasteiger partial charge is 0.480 e. The molecule has 1 heterocycles. The number of ether oxygens (including phenoxy) is 1. The van der Waals surface area contributed by atoms with Gasteiger partial charge in [0.15, 0.2) is 0 Å². The molecule has 1 aliphatic heterocycles. The van der Waals surface area contributed by atoms with Crippen LogP contribution in [0.5, 0.6) is 0 Å². The number of hydrogen-bond acceptors (Lipinski definition) is 3. The second-order valence-corrected chi connectivity index (χ2v) is 11.0. The van der Waals surface area contributed by atoms with E-state index in [1.807, 2.05) is 29.5 Å². The molecular formula is C28H25Cl2FINO4. The Balaban J connectivity index is 1.85. The van der Waals surface area contributed by atoms with Crippen LogP contribution in [0, 0.1) is 9.39 Å². The number of halogens is 4. The highest BCUT2D eigenvalue weighted by atomic mass is 127. The highest BCUT2D eigenvalue weighted by Gasteiger charge is 2.48. The summed E-state index contributed by atoms with van der Waals surface area (Å²) in [5.41, 5.74) is 2.01. The molecule has 4 atom stereocenters. The summed E-state index contributed by atoms with van der Waals surface area (Å²) >= 11 is 14.2.